The molecule has 1 fully saturated rings. The van der Waals surface area contributed by atoms with Crippen LogP contribution in [-0.4, -0.2) is 36.5 Å². The van der Waals surface area contributed by atoms with Crippen LogP contribution < -0.4 is 10.1 Å². The summed E-state index contributed by atoms with van der Waals surface area (Å²) >= 11 is 0. The third-order valence-corrected chi connectivity index (χ3v) is 4.78. The summed E-state index contributed by atoms with van der Waals surface area (Å²) < 4.78 is 19.5. The van der Waals surface area contributed by atoms with Gasteiger partial charge in [0.05, 0.1) is 6.61 Å². The summed E-state index contributed by atoms with van der Waals surface area (Å²) in [4.78, 5) is 14.4. The average Bonchev–Trinajstić information content (AvgIpc) is 2.68. The van der Waals surface area contributed by atoms with E-state index in [4.69, 9.17) is 4.74 Å². The predicted molar refractivity (Wildman–Crippen MR) is 104 cm³/mol. The topological polar surface area (TPSA) is 41.6 Å². The quantitative estimate of drug-likeness (QED) is 0.720. The zero-order valence-electron chi connectivity index (χ0n) is 15.6. The molecule has 27 heavy (non-hydrogen) atoms. The zero-order chi connectivity index (χ0) is 18.9. The molecule has 0 bridgehead atoms. The van der Waals surface area contributed by atoms with E-state index >= 15 is 0 Å². The van der Waals surface area contributed by atoms with Crippen LogP contribution in [0.2, 0.25) is 0 Å². The summed E-state index contributed by atoms with van der Waals surface area (Å²) in [5.41, 5.74) is 0.711. The molecule has 5 heteroatoms. The van der Waals surface area contributed by atoms with Gasteiger partial charge in [0, 0.05) is 31.1 Å². The van der Waals surface area contributed by atoms with E-state index in [2.05, 4.69) is 10.2 Å². The lowest BCUT2D eigenvalue weighted by atomic mass is 10.0. The van der Waals surface area contributed by atoms with Crippen LogP contribution >= 0.6 is 0 Å². The van der Waals surface area contributed by atoms with Crippen molar-refractivity contribution < 1.29 is 13.9 Å². The molecular formula is C22H27FN2O2. The molecule has 0 saturated carbocycles. The lowest BCUT2D eigenvalue weighted by Gasteiger charge is -2.33. The van der Waals surface area contributed by atoms with Crippen LogP contribution in [-0.2, 0) is 11.3 Å². The molecule has 0 spiro atoms. The number of piperidine rings is 1. The molecule has 1 saturated heterocycles. The van der Waals surface area contributed by atoms with Gasteiger partial charge in [-0.3, -0.25) is 9.69 Å². The van der Waals surface area contributed by atoms with Crippen molar-refractivity contribution in [1.29, 1.82) is 0 Å². The van der Waals surface area contributed by atoms with Gasteiger partial charge in [0.15, 0.2) is 0 Å². The molecule has 144 valence electrons. The first kappa shape index (κ1) is 19.4. The second-order valence-electron chi connectivity index (χ2n) is 7.00. The minimum atomic E-state index is -0.165. The van der Waals surface area contributed by atoms with Crippen LogP contribution in [0.4, 0.5) is 4.39 Å². The highest BCUT2D eigenvalue weighted by Gasteiger charge is 2.22. The van der Waals surface area contributed by atoms with E-state index < -0.39 is 0 Å². The fraction of sp³-hybridized carbons (Fsp3) is 0.409. The number of ether oxygens (including phenoxy) is 1. The second-order valence-corrected chi connectivity index (χ2v) is 7.00. The Morgan fingerprint density at radius 2 is 1.93 bits per heavy atom. The first-order chi connectivity index (χ1) is 13.2. The number of rotatable bonds is 8. The molecule has 2 aromatic rings. The van der Waals surface area contributed by atoms with Crippen LogP contribution in [0.25, 0.3) is 0 Å². The number of para-hydroxylation sites is 1. The van der Waals surface area contributed by atoms with E-state index in [0.29, 0.717) is 31.6 Å². The van der Waals surface area contributed by atoms with Gasteiger partial charge in [0.25, 0.3) is 0 Å². The first-order valence-corrected chi connectivity index (χ1v) is 9.63. The Morgan fingerprint density at radius 1 is 1.15 bits per heavy atom. The highest BCUT2D eigenvalue weighted by Crippen LogP contribution is 2.16. The van der Waals surface area contributed by atoms with E-state index in [1.807, 2.05) is 42.5 Å². The van der Waals surface area contributed by atoms with Crippen LogP contribution in [0.3, 0.4) is 0 Å². The zero-order valence-corrected chi connectivity index (χ0v) is 15.6. The van der Waals surface area contributed by atoms with Crippen LogP contribution in [0.15, 0.2) is 54.6 Å². The summed E-state index contributed by atoms with van der Waals surface area (Å²) in [6, 6.07) is 16.6. The number of nitrogens with zero attached hydrogens (tertiary/aromatic N) is 1. The summed E-state index contributed by atoms with van der Waals surface area (Å²) in [7, 11) is 0. The standard InChI is InChI=1S/C22H27FN2O2/c23-21-12-5-4-8-18(21)16-25-14-6-9-19(17-25)24-22(26)13-7-15-27-20-10-2-1-3-11-20/h1-5,8,10-12,19H,6-7,9,13-17H2,(H,24,26)/t19-/m0/s1. The van der Waals surface area contributed by atoms with Gasteiger partial charge in [0.2, 0.25) is 5.91 Å². The fourth-order valence-electron chi connectivity index (χ4n) is 3.42. The Kier molecular flexibility index (Phi) is 7.22. The maximum Gasteiger partial charge on any atom is 0.220 e. The highest BCUT2D eigenvalue weighted by molar-refractivity contribution is 5.76. The number of likely N-dealkylation sites (tertiary alicyclic amines) is 1. The molecule has 1 amide bonds. The van der Waals surface area contributed by atoms with E-state index in [0.717, 1.165) is 31.7 Å². The Bertz CT molecular complexity index is 723. The van der Waals surface area contributed by atoms with Crippen LogP contribution in [0.1, 0.15) is 31.2 Å². The lowest BCUT2D eigenvalue weighted by molar-refractivity contribution is -0.122. The average molecular weight is 370 g/mol. The van der Waals surface area contributed by atoms with Gasteiger partial charge in [-0.05, 0) is 44.0 Å². The SMILES string of the molecule is O=C(CCCOc1ccccc1)N[C@H]1CCCN(Cc2ccccc2F)C1. The Labute approximate surface area is 160 Å². The van der Waals surface area contributed by atoms with Gasteiger partial charge < -0.3 is 10.1 Å². The molecule has 3 rings (SSSR count). The Balaban J connectivity index is 1.37. The van der Waals surface area contributed by atoms with Crippen molar-refractivity contribution in [1.82, 2.24) is 10.2 Å². The van der Waals surface area contributed by atoms with Crippen molar-refractivity contribution in [3.8, 4) is 5.75 Å². The molecule has 1 atom stereocenters. The number of hydrogen-bond acceptors (Lipinski definition) is 3. The normalized spacial score (nSPS) is 17.4. The number of carbonyl (C=O) groups excluding carboxylic acids is 1. The summed E-state index contributed by atoms with van der Waals surface area (Å²) in [6.07, 6.45) is 3.12. The largest absolute Gasteiger partial charge is 0.494 e. The molecule has 1 aliphatic heterocycles. The van der Waals surface area contributed by atoms with E-state index in [9.17, 15) is 9.18 Å². The van der Waals surface area contributed by atoms with Crippen molar-refractivity contribution in [3.63, 3.8) is 0 Å². The molecule has 2 aromatic carbocycles. The molecule has 1 aliphatic rings. The van der Waals surface area contributed by atoms with Gasteiger partial charge >= 0.3 is 0 Å². The summed E-state index contributed by atoms with van der Waals surface area (Å²) in [5.74, 6) is 0.723. The van der Waals surface area contributed by atoms with Gasteiger partial charge in [-0.15, -0.1) is 0 Å². The van der Waals surface area contributed by atoms with E-state index in [-0.39, 0.29) is 17.8 Å². The molecule has 0 aliphatic carbocycles. The maximum atomic E-state index is 13.8. The third-order valence-electron chi connectivity index (χ3n) is 4.78. The van der Waals surface area contributed by atoms with Gasteiger partial charge in [-0.25, -0.2) is 4.39 Å². The molecular weight excluding hydrogens is 343 g/mol. The first-order valence-electron chi connectivity index (χ1n) is 9.63. The van der Waals surface area contributed by atoms with Crippen molar-refractivity contribution in [2.75, 3.05) is 19.7 Å². The maximum absolute atomic E-state index is 13.8. The summed E-state index contributed by atoms with van der Waals surface area (Å²) in [6.45, 7) is 2.82. The lowest BCUT2D eigenvalue weighted by Crippen LogP contribution is -2.47. The number of hydrogen-bond donors (Lipinski definition) is 1. The number of carbonyl (C=O) groups is 1. The molecule has 0 radical (unpaired) electrons. The Hall–Kier alpha value is -2.40. The summed E-state index contributed by atoms with van der Waals surface area (Å²) in [5, 5.41) is 3.12. The van der Waals surface area contributed by atoms with Gasteiger partial charge in [-0.1, -0.05) is 36.4 Å². The van der Waals surface area contributed by atoms with Crippen LogP contribution in [0, 0.1) is 5.82 Å². The highest BCUT2D eigenvalue weighted by atomic mass is 19.1. The monoisotopic (exact) mass is 370 g/mol. The smallest absolute Gasteiger partial charge is 0.220 e. The van der Waals surface area contributed by atoms with Gasteiger partial charge in [-0.2, -0.15) is 0 Å². The Morgan fingerprint density at radius 3 is 2.74 bits per heavy atom. The number of nitrogens with one attached hydrogen (secondary N) is 1. The van der Waals surface area contributed by atoms with Gasteiger partial charge in [0.1, 0.15) is 11.6 Å². The fourth-order valence-corrected chi connectivity index (χ4v) is 3.42. The van der Waals surface area contributed by atoms with E-state index in [1.165, 1.54) is 6.07 Å². The minimum absolute atomic E-state index is 0.0596. The molecule has 0 unspecified atom stereocenters. The minimum Gasteiger partial charge on any atom is -0.494 e. The van der Waals surface area contributed by atoms with Crippen molar-refractivity contribution in [2.45, 2.75) is 38.3 Å². The van der Waals surface area contributed by atoms with Crippen LogP contribution in [0.5, 0.6) is 5.75 Å². The van der Waals surface area contributed by atoms with Crippen molar-refractivity contribution >= 4 is 5.91 Å². The number of halogens is 1. The molecule has 0 aromatic heterocycles. The second kappa shape index (κ2) is 10.1. The number of amides is 1. The van der Waals surface area contributed by atoms with Crippen molar-refractivity contribution in [2.24, 2.45) is 0 Å². The van der Waals surface area contributed by atoms with E-state index in [1.54, 1.807) is 6.07 Å². The molecule has 4 nitrogen and oxygen atoms in total. The molecule has 1 N–H and O–H groups in total. The predicted octanol–water partition coefficient (Wildman–Crippen LogP) is 3.77. The number of benzene rings is 2. The molecule has 1 heterocycles. The van der Waals surface area contributed by atoms with Crippen molar-refractivity contribution in [3.05, 3.63) is 66.0 Å². The third kappa shape index (κ3) is 6.36.